The number of nitrogens with one attached hydrogen (secondary N) is 1. The van der Waals surface area contributed by atoms with Crippen LogP contribution in [0.3, 0.4) is 0 Å². The zero-order chi connectivity index (χ0) is 23.5. The molecule has 34 heavy (non-hydrogen) atoms. The van der Waals surface area contributed by atoms with Crippen LogP contribution in [0.2, 0.25) is 0 Å². The van der Waals surface area contributed by atoms with E-state index in [4.69, 9.17) is 14.2 Å². The summed E-state index contributed by atoms with van der Waals surface area (Å²) in [6, 6.07) is 12.9. The SMILES string of the molecule is COc1ccccc1N1CCN(C(=O)Cc2csc(NC(=O)c3ccc4c(c3)OCO4)n2)CC1. The second-order valence-corrected chi connectivity index (χ2v) is 8.74. The molecule has 0 unspecified atom stereocenters. The number of benzene rings is 2. The number of anilines is 2. The summed E-state index contributed by atoms with van der Waals surface area (Å²) in [4.78, 5) is 33.9. The molecule has 1 fully saturated rings. The van der Waals surface area contributed by atoms with Gasteiger partial charge in [-0.15, -0.1) is 11.3 Å². The topological polar surface area (TPSA) is 93.2 Å². The first-order valence-corrected chi connectivity index (χ1v) is 11.8. The number of rotatable bonds is 6. The Bertz CT molecular complexity index is 1210. The van der Waals surface area contributed by atoms with Crippen LogP contribution in [0.1, 0.15) is 16.1 Å². The fourth-order valence-corrected chi connectivity index (χ4v) is 4.71. The van der Waals surface area contributed by atoms with E-state index in [9.17, 15) is 9.59 Å². The van der Waals surface area contributed by atoms with Gasteiger partial charge in [-0.1, -0.05) is 12.1 Å². The van der Waals surface area contributed by atoms with Crippen molar-refractivity contribution in [1.29, 1.82) is 0 Å². The van der Waals surface area contributed by atoms with Crippen molar-refractivity contribution < 1.29 is 23.8 Å². The van der Waals surface area contributed by atoms with E-state index in [2.05, 4.69) is 15.2 Å². The van der Waals surface area contributed by atoms with Gasteiger partial charge in [0.15, 0.2) is 16.6 Å². The van der Waals surface area contributed by atoms with E-state index in [0.717, 1.165) is 24.5 Å². The first-order valence-electron chi connectivity index (χ1n) is 10.9. The molecule has 2 aromatic carbocycles. The summed E-state index contributed by atoms with van der Waals surface area (Å²) in [6.07, 6.45) is 0.199. The molecule has 3 heterocycles. The minimum absolute atomic E-state index is 0.0265. The molecule has 3 aromatic rings. The Hall–Kier alpha value is -3.79. The quantitative estimate of drug-likeness (QED) is 0.580. The van der Waals surface area contributed by atoms with Gasteiger partial charge in [0.25, 0.3) is 5.91 Å². The molecular weight excluding hydrogens is 456 g/mol. The minimum Gasteiger partial charge on any atom is -0.495 e. The molecule has 5 rings (SSSR count). The molecule has 0 saturated carbocycles. The number of hydrogen-bond acceptors (Lipinski definition) is 8. The smallest absolute Gasteiger partial charge is 0.257 e. The van der Waals surface area contributed by atoms with E-state index in [0.29, 0.717) is 41.0 Å². The lowest BCUT2D eigenvalue weighted by Gasteiger charge is -2.36. The van der Waals surface area contributed by atoms with Crippen molar-refractivity contribution in [2.24, 2.45) is 0 Å². The first kappa shape index (κ1) is 22.0. The number of aromatic nitrogens is 1. The number of amides is 2. The highest BCUT2D eigenvalue weighted by Gasteiger charge is 2.24. The molecule has 0 aliphatic carbocycles. The van der Waals surface area contributed by atoms with Gasteiger partial charge < -0.3 is 24.0 Å². The molecule has 2 amide bonds. The van der Waals surface area contributed by atoms with Crippen LogP contribution < -0.4 is 24.4 Å². The Morgan fingerprint density at radius 3 is 2.71 bits per heavy atom. The second-order valence-electron chi connectivity index (χ2n) is 7.88. The number of para-hydroxylation sites is 2. The van der Waals surface area contributed by atoms with E-state index in [1.165, 1.54) is 11.3 Å². The minimum atomic E-state index is -0.294. The predicted molar refractivity (Wildman–Crippen MR) is 128 cm³/mol. The van der Waals surface area contributed by atoms with Crippen molar-refractivity contribution >= 4 is 34.0 Å². The van der Waals surface area contributed by atoms with E-state index in [1.807, 2.05) is 29.2 Å². The van der Waals surface area contributed by atoms with Crippen LogP contribution in [0.5, 0.6) is 17.2 Å². The van der Waals surface area contributed by atoms with Crippen molar-refractivity contribution in [3.63, 3.8) is 0 Å². The highest BCUT2D eigenvalue weighted by molar-refractivity contribution is 7.14. The van der Waals surface area contributed by atoms with Crippen molar-refractivity contribution in [3.8, 4) is 17.2 Å². The van der Waals surface area contributed by atoms with Gasteiger partial charge in [-0.3, -0.25) is 14.9 Å². The van der Waals surface area contributed by atoms with E-state index in [1.54, 1.807) is 30.7 Å². The van der Waals surface area contributed by atoms with Crippen molar-refractivity contribution in [1.82, 2.24) is 9.88 Å². The van der Waals surface area contributed by atoms with Crippen LogP contribution in [-0.2, 0) is 11.2 Å². The van der Waals surface area contributed by atoms with Gasteiger partial charge in [-0.25, -0.2) is 4.98 Å². The fourth-order valence-electron chi connectivity index (χ4n) is 4.01. The standard InChI is InChI=1S/C24H24N4O5S/c1-31-19-5-3-2-4-18(19)27-8-10-28(11-9-27)22(29)13-17-14-34-24(25-17)26-23(30)16-6-7-20-21(12-16)33-15-32-20/h2-7,12,14H,8-11,13,15H2,1H3,(H,25,26,30). The van der Waals surface area contributed by atoms with Crippen LogP contribution in [0.25, 0.3) is 0 Å². The number of ether oxygens (including phenoxy) is 3. The fraction of sp³-hybridized carbons (Fsp3) is 0.292. The molecule has 0 bridgehead atoms. The Morgan fingerprint density at radius 1 is 1.09 bits per heavy atom. The van der Waals surface area contributed by atoms with Gasteiger partial charge in [0, 0.05) is 37.1 Å². The average molecular weight is 481 g/mol. The van der Waals surface area contributed by atoms with Gasteiger partial charge >= 0.3 is 0 Å². The molecule has 1 aromatic heterocycles. The van der Waals surface area contributed by atoms with Crippen molar-refractivity contribution in [2.45, 2.75) is 6.42 Å². The highest BCUT2D eigenvalue weighted by Crippen LogP contribution is 2.33. The Morgan fingerprint density at radius 2 is 1.88 bits per heavy atom. The zero-order valence-electron chi connectivity index (χ0n) is 18.7. The predicted octanol–water partition coefficient (Wildman–Crippen LogP) is 3.02. The second kappa shape index (κ2) is 9.60. The number of hydrogen-bond donors (Lipinski definition) is 1. The zero-order valence-corrected chi connectivity index (χ0v) is 19.5. The molecule has 0 radical (unpaired) electrons. The van der Waals surface area contributed by atoms with E-state index in [-0.39, 0.29) is 25.0 Å². The van der Waals surface area contributed by atoms with E-state index < -0.39 is 0 Å². The highest BCUT2D eigenvalue weighted by atomic mass is 32.1. The summed E-state index contributed by atoms with van der Waals surface area (Å²) >= 11 is 1.30. The van der Waals surface area contributed by atoms with Crippen molar-refractivity contribution in [3.05, 3.63) is 59.1 Å². The van der Waals surface area contributed by atoms with Gasteiger partial charge in [-0.2, -0.15) is 0 Å². The van der Waals surface area contributed by atoms with Crippen LogP contribution in [0.4, 0.5) is 10.8 Å². The van der Waals surface area contributed by atoms with Crippen LogP contribution in [-0.4, -0.2) is 61.8 Å². The summed E-state index contributed by atoms with van der Waals surface area (Å²) in [5.41, 5.74) is 2.13. The van der Waals surface area contributed by atoms with Gasteiger partial charge in [0.2, 0.25) is 12.7 Å². The lowest BCUT2D eigenvalue weighted by molar-refractivity contribution is -0.130. The number of methoxy groups -OCH3 is 1. The number of thiazole rings is 1. The number of nitrogens with zero attached hydrogens (tertiary/aromatic N) is 3. The monoisotopic (exact) mass is 480 g/mol. The van der Waals surface area contributed by atoms with Gasteiger partial charge in [0.05, 0.1) is 24.9 Å². The lowest BCUT2D eigenvalue weighted by atomic mass is 10.2. The summed E-state index contributed by atoms with van der Waals surface area (Å²) in [5, 5.41) is 5.04. The third-order valence-electron chi connectivity index (χ3n) is 5.80. The number of fused-ring (bicyclic) bond motifs is 1. The lowest BCUT2D eigenvalue weighted by Crippen LogP contribution is -2.49. The summed E-state index contributed by atoms with van der Waals surface area (Å²) in [5.74, 6) is 1.73. The van der Waals surface area contributed by atoms with Gasteiger partial charge in [0.1, 0.15) is 5.75 Å². The van der Waals surface area contributed by atoms with Crippen LogP contribution in [0.15, 0.2) is 47.8 Å². The largest absolute Gasteiger partial charge is 0.495 e. The summed E-state index contributed by atoms with van der Waals surface area (Å²) < 4.78 is 16.1. The van der Waals surface area contributed by atoms with Crippen LogP contribution >= 0.6 is 11.3 Å². The average Bonchev–Trinajstić information content (AvgIpc) is 3.52. The Kier molecular flexibility index (Phi) is 6.22. The van der Waals surface area contributed by atoms with Gasteiger partial charge in [-0.05, 0) is 30.3 Å². The maximum absolute atomic E-state index is 12.8. The summed E-state index contributed by atoms with van der Waals surface area (Å²) in [6.45, 7) is 2.89. The van der Waals surface area contributed by atoms with E-state index >= 15 is 0 Å². The maximum Gasteiger partial charge on any atom is 0.257 e. The molecule has 9 nitrogen and oxygen atoms in total. The number of piperazine rings is 1. The molecule has 176 valence electrons. The molecule has 2 aliphatic rings. The molecule has 1 N–H and O–H groups in total. The Balaban J connectivity index is 1.14. The molecule has 2 aliphatic heterocycles. The normalized spacial score (nSPS) is 14.7. The molecule has 0 atom stereocenters. The molecule has 10 heteroatoms. The first-order chi connectivity index (χ1) is 16.6. The van der Waals surface area contributed by atoms with Crippen LogP contribution in [0, 0.1) is 0 Å². The Labute approximate surface area is 200 Å². The maximum atomic E-state index is 12.8. The number of carbonyl (C=O) groups is 2. The summed E-state index contributed by atoms with van der Waals surface area (Å²) in [7, 11) is 1.66. The number of carbonyl (C=O) groups excluding carboxylic acids is 2. The molecular formula is C24H24N4O5S. The third-order valence-corrected chi connectivity index (χ3v) is 6.60. The van der Waals surface area contributed by atoms with Crippen molar-refractivity contribution in [2.75, 3.05) is 50.3 Å². The molecule has 0 spiro atoms. The third kappa shape index (κ3) is 4.62. The molecule has 1 saturated heterocycles.